The lowest BCUT2D eigenvalue weighted by Crippen LogP contribution is -2.14. The van der Waals surface area contributed by atoms with Gasteiger partial charge in [0.05, 0.1) is 6.61 Å². The van der Waals surface area contributed by atoms with Crippen molar-refractivity contribution in [2.24, 2.45) is 0 Å². The summed E-state index contributed by atoms with van der Waals surface area (Å²) in [4.78, 5) is 11.1. The summed E-state index contributed by atoms with van der Waals surface area (Å²) in [6.45, 7) is 2.15. The summed E-state index contributed by atoms with van der Waals surface area (Å²) >= 11 is 3.35. The predicted octanol–water partition coefficient (Wildman–Crippen LogP) is 3.15. The Balaban J connectivity index is 2.70. The molecule has 1 aromatic carbocycles. The van der Waals surface area contributed by atoms with Crippen LogP contribution >= 0.6 is 15.9 Å². The smallest absolute Gasteiger partial charge is 0.411 e. The number of halogens is 1. The normalized spacial score (nSPS) is 9.57. The van der Waals surface area contributed by atoms with Crippen LogP contribution in [0.5, 0.6) is 0 Å². The molecule has 0 saturated carbocycles. The Morgan fingerprint density at radius 2 is 2.21 bits per heavy atom. The highest BCUT2D eigenvalue weighted by atomic mass is 79.9. The molecule has 0 aliphatic rings. The summed E-state index contributed by atoms with van der Waals surface area (Å²) in [7, 11) is 0. The second-order valence-electron chi connectivity index (χ2n) is 2.64. The van der Waals surface area contributed by atoms with Crippen molar-refractivity contribution in [1.29, 1.82) is 0 Å². The van der Waals surface area contributed by atoms with E-state index in [1.54, 1.807) is 6.92 Å². The van der Waals surface area contributed by atoms with Gasteiger partial charge < -0.3 is 4.74 Å². The molecular weight excluding hydrogens is 246 g/mol. The van der Waals surface area contributed by atoms with E-state index in [-0.39, 0.29) is 0 Å². The lowest BCUT2D eigenvalue weighted by molar-refractivity contribution is 0.168. The molecule has 0 fully saturated rings. The molecule has 0 bridgehead atoms. The van der Waals surface area contributed by atoms with E-state index in [9.17, 15) is 4.79 Å². The van der Waals surface area contributed by atoms with Gasteiger partial charge in [-0.3, -0.25) is 5.32 Å². The molecule has 1 amide bonds. The molecule has 0 aromatic heterocycles. The second-order valence-corrected chi connectivity index (χ2v) is 3.20. The number of alkyl halides is 1. The number of ether oxygens (including phenoxy) is 1. The largest absolute Gasteiger partial charge is 0.450 e. The molecule has 0 aliphatic heterocycles. The quantitative estimate of drug-likeness (QED) is 0.846. The molecule has 76 valence electrons. The van der Waals surface area contributed by atoms with Crippen molar-refractivity contribution in [3.05, 3.63) is 29.8 Å². The van der Waals surface area contributed by atoms with Gasteiger partial charge in [0.15, 0.2) is 0 Å². The lowest BCUT2D eigenvalue weighted by Gasteiger charge is -2.08. The van der Waals surface area contributed by atoms with Crippen LogP contribution in [0.4, 0.5) is 10.5 Å². The van der Waals surface area contributed by atoms with E-state index in [1.165, 1.54) is 0 Å². The molecule has 1 aromatic rings. The van der Waals surface area contributed by atoms with Gasteiger partial charge in [-0.15, -0.1) is 0 Å². The molecule has 0 aliphatic carbocycles. The van der Waals surface area contributed by atoms with Crippen LogP contribution in [0.25, 0.3) is 0 Å². The first-order valence-corrected chi connectivity index (χ1v) is 5.47. The number of hydrogen-bond donors (Lipinski definition) is 1. The predicted molar refractivity (Wildman–Crippen MR) is 59.7 cm³/mol. The Morgan fingerprint density at radius 3 is 2.86 bits per heavy atom. The highest BCUT2D eigenvalue weighted by Crippen LogP contribution is 2.17. The highest BCUT2D eigenvalue weighted by Gasteiger charge is 2.04. The minimum absolute atomic E-state index is 0.377. The van der Waals surface area contributed by atoms with Crippen LogP contribution in [0.3, 0.4) is 0 Å². The number of anilines is 1. The Labute approximate surface area is 91.6 Å². The van der Waals surface area contributed by atoms with E-state index in [4.69, 9.17) is 4.74 Å². The zero-order valence-corrected chi connectivity index (χ0v) is 9.50. The molecule has 3 nitrogen and oxygen atoms in total. The number of benzene rings is 1. The van der Waals surface area contributed by atoms with Crippen molar-refractivity contribution in [3.63, 3.8) is 0 Å². The maximum Gasteiger partial charge on any atom is 0.411 e. The topological polar surface area (TPSA) is 38.3 Å². The second kappa shape index (κ2) is 5.65. The summed E-state index contributed by atoms with van der Waals surface area (Å²) in [5, 5.41) is 3.38. The summed E-state index contributed by atoms with van der Waals surface area (Å²) < 4.78 is 4.78. The number of amides is 1. The van der Waals surface area contributed by atoms with Gasteiger partial charge in [0.1, 0.15) is 0 Å². The molecule has 0 atom stereocenters. The van der Waals surface area contributed by atoms with Gasteiger partial charge in [0.2, 0.25) is 0 Å². The number of para-hydroxylation sites is 1. The third kappa shape index (κ3) is 3.03. The first-order valence-electron chi connectivity index (χ1n) is 4.35. The number of nitrogens with one attached hydrogen (secondary N) is 1. The van der Waals surface area contributed by atoms with Gasteiger partial charge in [0.25, 0.3) is 0 Å². The maximum atomic E-state index is 11.1. The van der Waals surface area contributed by atoms with Crippen molar-refractivity contribution in [2.75, 3.05) is 11.9 Å². The average molecular weight is 258 g/mol. The molecule has 0 spiro atoms. The maximum absolute atomic E-state index is 11.1. The van der Waals surface area contributed by atoms with Gasteiger partial charge in [-0.25, -0.2) is 4.79 Å². The standard InChI is InChI=1S/C10H12BrNO2/c1-2-14-10(13)12-9-6-4-3-5-8(9)7-11/h3-6H,2,7H2,1H3,(H,12,13). The Hall–Kier alpha value is -1.03. The van der Waals surface area contributed by atoms with Gasteiger partial charge in [-0.1, -0.05) is 34.1 Å². The van der Waals surface area contributed by atoms with Crippen LogP contribution < -0.4 is 5.32 Å². The third-order valence-electron chi connectivity index (χ3n) is 1.67. The Bertz CT molecular complexity index is 315. The van der Waals surface area contributed by atoms with E-state index in [1.807, 2.05) is 24.3 Å². The average Bonchev–Trinajstić information content (AvgIpc) is 2.19. The zero-order chi connectivity index (χ0) is 10.4. The van der Waals surface area contributed by atoms with Gasteiger partial charge in [0, 0.05) is 11.0 Å². The SMILES string of the molecule is CCOC(=O)Nc1ccccc1CBr. The van der Waals surface area contributed by atoms with E-state index in [2.05, 4.69) is 21.2 Å². The highest BCUT2D eigenvalue weighted by molar-refractivity contribution is 9.08. The number of rotatable bonds is 3. The number of carbonyl (C=O) groups excluding carboxylic acids is 1. The zero-order valence-electron chi connectivity index (χ0n) is 7.92. The first kappa shape index (κ1) is 11.0. The molecule has 0 saturated heterocycles. The molecule has 1 N–H and O–H groups in total. The lowest BCUT2D eigenvalue weighted by atomic mass is 10.2. The molecule has 0 unspecified atom stereocenters. The van der Waals surface area contributed by atoms with Crippen LogP contribution in [0.2, 0.25) is 0 Å². The van der Waals surface area contributed by atoms with E-state index in [0.717, 1.165) is 11.3 Å². The van der Waals surface area contributed by atoms with Crippen molar-refractivity contribution < 1.29 is 9.53 Å². The fraction of sp³-hybridized carbons (Fsp3) is 0.300. The minimum Gasteiger partial charge on any atom is -0.450 e. The molecule has 0 heterocycles. The van der Waals surface area contributed by atoms with Gasteiger partial charge in [-0.2, -0.15) is 0 Å². The summed E-state index contributed by atoms with van der Waals surface area (Å²) in [5.74, 6) is 0. The molecular formula is C10H12BrNO2. The van der Waals surface area contributed by atoms with Crippen LogP contribution in [0, 0.1) is 0 Å². The molecule has 0 radical (unpaired) electrons. The van der Waals surface area contributed by atoms with Crippen molar-refractivity contribution in [3.8, 4) is 0 Å². The Kier molecular flexibility index (Phi) is 4.46. The first-order chi connectivity index (χ1) is 6.77. The van der Waals surface area contributed by atoms with E-state index in [0.29, 0.717) is 11.9 Å². The van der Waals surface area contributed by atoms with E-state index >= 15 is 0 Å². The van der Waals surface area contributed by atoms with Crippen LogP contribution in [0.15, 0.2) is 24.3 Å². The summed E-state index contributed by atoms with van der Waals surface area (Å²) in [6.07, 6.45) is -0.416. The monoisotopic (exact) mass is 257 g/mol. The Morgan fingerprint density at radius 1 is 1.50 bits per heavy atom. The van der Waals surface area contributed by atoms with E-state index < -0.39 is 6.09 Å². The van der Waals surface area contributed by atoms with Gasteiger partial charge in [-0.05, 0) is 18.6 Å². The number of hydrogen-bond acceptors (Lipinski definition) is 2. The van der Waals surface area contributed by atoms with Crippen molar-refractivity contribution in [2.45, 2.75) is 12.3 Å². The van der Waals surface area contributed by atoms with Crippen LogP contribution in [-0.2, 0) is 10.1 Å². The van der Waals surface area contributed by atoms with Crippen molar-refractivity contribution in [1.82, 2.24) is 0 Å². The van der Waals surface area contributed by atoms with Crippen LogP contribution in [-0.4, -0.2) is 12.7 Å². The van der Waals surface area contributed by atoms with Crippen molar-refractivity contribution >= 4 is 27.7 Å². The fourth-order valence-corrected chi connectivity index (χ4v) is 1.52. The molecule has 1 rings (SSSR count). The summed E-state index contributed by atoms with van der Waals surface area (Å²) in [6, 6.07) is 7.57. The summed E-state index contributed by atoms with van der Waals surface area (Å²) in [5.41, 5.74) is 1.81. The number of carbonyl (C=O) groups is 1. The molecule has 14 heavy (non-hydrogen) atoms. The molecule has 4 heteroatoms. The van der Waals surface area contributed by atoms with Crippen LogP contribution in [0.1, 0.15) is 12.5 Å². The van der Waals surface area contributed by atoms with Gasteiger partial charge >= 0.3 is 6.09 Å². The third-order valence-corrected chi connectivity index (χ3v) is 2.28. The fourth-order valence-electron chi connectivity index (χ4n) is 1.04. The minimum atomic E-state index is -0.416.